The summed E-state index contributed by atoms with van der Waals surface area (Å²) in [6.07, 6.45) is 3.41. The van der Waals surface area contributed by atoms with Crippen molar-refractivity contribution in [3.05, 3.63) is 42.0 Å². The minimum absolute atomic E-state index is 0.126. The molecule has 0 aliphatic heterocycles. The lowest BCUT2D eigenvalue weighted by Gasteiger charge is -2.08. The number of hydrogen-bond acceptors (Lipinski definition) is 4. The molecule has 0 spiro atoms. The molecule has 0 radical (unpaired) electrons. The minimum Gasteiger partial charge on any atom is -0.478 e. The fraction of sp³-hybridized carbons (Fsp3) is 0.294. The van der Waals surface area contributed by atoms with Crippen molar-refractivity contribution in [2.75, 3.05) is 11.9 Å². The van der Waals surface area contributed by atoms with E-state index in [-0.39, 0.29) is 35.0 Å². The number of nitrogens with one attached hydrogen (secondary N) is 2. The highest BCUT2D eigenvalue weighted by Gasteiger charge is 2.12. The van der Waals surface area contributed by atoms with Crippen LogP contribution >= 0.6 is 0 Å². The molecule has 0 heterocycles. The van der Waals surface area contributed by atoms with Gasteiger partial charge < -0.3 is 20.8 Å². The number of benzene rings is 1. The molecular weight excluding hydrogens is 328 g/mol. The van der Waals surface area contributed by atoms with Gasteiger partial charge >= 0.3 is 11.9 Å². The van der Waals surface area contributed by atoms with Gasteiger partial charge in [-0.15, -0.1) is 0 Å². The second kappa shape index (κ2) is 9.86. The maximum atomic E-state index is 11.9. The van der Waals surface area contributed by atoms with E-state index in [9.17, 15) is 19.2 Å². The first-order valence-electron chi connectivity index (χ1n) is 7.65. The monoisotopic (exact) mass is 348 g/mol. The summed E-state index contributed by atoms with van der Waals surface area (Å²) in [7, 11) is 0. The molecule has 2 amide bonds. The number of carbonyl (C=O) groups is 4. The molecule has 0 bridgehead atoms. The van der Waals surface area contributed by atoms with E-state index in [1.54, 1.807) is 0 Å². The molecule has 0 unspecified atom stereocenters. The van der Waals surface area contributed by atoms with Crippen molar-refractivity contribution < 1.29 is 29.4 Å². The molecule has 0 saturated carbocycles. The second-order valence-electron chi connectivity index (χ2n) is 5.26. The quantitative estimate of drug-likeness (QED) is 0.377. The predicted molar refractivity (Wildman–Crippen MR) is 90.7 cm³/mol. The van der Waals surface area contributed by atoms with Crippen LogP contribution < -0.4 is 10.6 Å². The van der Waals surface area contributed by atoms with Gasteiger partial charge in [-0.3, -0.25) is 9.59 Å². The standard InChI is InChI=1S/C17H20N2O6/c1-2-14(20)18-7-5-3-4-6-15(21)19-13-9-11(16(22)23)8-12(10-13)17(24)25/h2,8-10H,1,3-7H2,(H,18,20)(H,19,21)(H,22,23)(H,24,25). The largest absolute Gasteiger partial charge is 0.478 e. The van der Waals surface area contributed by atoms with E-state index in [0.29, 0.717) is 19.4 Å². The Morgan fingerprint density at radius 2 is 1.56 bits per heavy atom. The van der Waals surface area contributed by atoms with Crippen molar-refractivity contribution in [3.8, 4) is 0 Å². The van der Waals surface area contributed by atoms with Crippen LogP contribution in [0.15, 0.2) is 30.9 Å². The summed E-state index contributed by atoms with van der Waals surface area (Å²) >= 11 is 0. The van der Waals surface area contributed by atoms with Gasteiger partial charge in [0.2, 0.25) is 11.8 Å². The van der Waals surface area contributed by atoms with E-state index in [1.807, 2.05) is 0 Å². The Kier molecular flexibility index (Phi) is 7.85. The fourth-order valence-corrected chi connectivity index (χ4v) is 2.04. The molecule has 134 valence electrons. The van der Waals surface area contributed by atoms with Crippen LogP contribution in [0.25, 0.3) is 0 Å². The normalized spacial score (nSPS) is 9.92. The lowest BCUT2D eigenvalue weighted by molar-refractivity contribution is -0.117. The maximum absolute atomic E-state index is 11.9. The van der Waals surface area contributed by atoms with Crippen molar-refractivity contribution in [2.24, 2.45) is 0 Å². The average Bonchev–Trinajstić information content (AvgIpc) is 2.57. The molecule has 0 fully saturated rings. The van der Waals surface area contributed by atoms with E-state index in [4.69, 9.17) is 10.2 Å². The maximum Gasteiger partial charge on any atom is 0.335 e. The molecule has 0 saturated heterocycles. The van der Waals surface area contributed by atoms with Crippen molar-refractivity contribution in [1.82, 2.24) is 5.32 Å². The number of unbranched alkanes of at least 4 members (excludes halogenated alkanes) is 2. The Balaban J connectivity index is 2.48. The fourth-order valence-electron chi connectivity index (χ4n) is 2.04. The third-order valence-corrected chi connectivity index (χ3v) is 3.28. The first-order chi connectivity index (χ1) is 11.8. The molecule has 1 aromatic rings. The van der Waals surface area contributed by atoms with Crippen LogP contribution in [0, 0.1) is 0 Å². The third kappa shape index (κ3) is 7.30. The summed E-state index contributed by atoms with van der Waals surface area (Å²) < 4.78 is 0. The number of aromatic carboxylic acids is 2. The molecule has 0 aliphatic rings. The zero-order chi connectivity index (χ0) is 18.8. The van der Waals surface area contributed by atoms with Crippen LogP contribution in [-0.2, 0) is 9.59 Å². The van der Waals surface area contributed by atoms with Crippen molar-refractivity contribution in [3.63, 3.8) is 0 Å². The molecule has 0 atom stereocenters. The number of carbonyl (C=O) groups excluding carboxylic acids is 2. The van der Waals surface area contributed by atoms with Crippen LogP contribution in [0.4, 0.5) is 5.69 Å². The Morgan fingerprint density at radius 3 is 2.08 bits per heavy atom. The van der Waals surface area contributed by atoms with E-state index in [2.05, 4.69) is 17.2 Å². The van der Waals surface area contributed by atoms with Crippen LogP contribution in [0.5, 0.6) is 0 Å². The summed E-state index contributed by atoms with van der Waals surface area (Å²) in [5, 5.41) is 23.1. The van der Waals surface area contributed by atoms with Crippen LogP contribution in [0.2, 0.25) is 0 Å². The number of anilines is 1. The second-order valence-corrected chi connectivity index (χ2v) is 5.26. The molecule has 25 heavy (non-hydrogen) atoms. The predicted octanol–water partition coefficient (Wildman–Crippen LogP) is 1.88. The smallest absolute Gasteiger partial charge is 0.335 e. The van der Waals surface area contributed by atoms with Gasteiger partial charge in [0, 0.05) is 18.7 Å². The Hall–Kier alpha value is -3.16. The van der Waals surface area contributed by atoms with Gasteiger partial charge in [-0.1, -0.05) is 13.0 Å². The van der Waals surface area contributed by atoms with Crippen LogP contribution in [0.1, 0.15) is 46.4 Å². The van der Waals surface area contributed by atoms with Gasteiger partial charge in [-0.2, -0.15) is 0 Å². The Morgan fingerprint density at radius 1 is 0.960 bits per heavy atom. The zero-order valence-corrected chi connectivity index (χ0v) is 13.6. The van der Waals surface area contributed by atoms with Crippen molar-refractivity contribution in [2.45, 2.75) is 25.7 Å². The van der Waals surface area contributed by atoms with Gasteiger partial charge in [0.1, 0.15) is 0 Å². The molecular formula is C17H20N2O6. The minimum atomic E-state index is -1.28. The van der Waals surface area contributed by atoms with Gasteiger partial charge in [0.15, 0.2) is 0 Å². The van der Waals surface area contributed by atoms with Gasteiger partial charge in [-0.05, 0) is 37.1 Å². The average molecular weight is 348 g/mol. The molecule has 0 aromatic heterocycles. The summed E-state index contributed by atoms with van der Waals surface area (Å²) in [6, 6.07) is 3.44. The zero-order valence-electron chi connectivity index (χ0n) is 13.6. The number of carboxylic acids is 2. The summed E-state index contributed by atoms with van der Waals surface area (Å²) in [5.41, 5.74) is -0.304. The molecule has 4 N–H and O–H groups in total. The Bertz CT molecular complexity index is 651. The van der Waals surface area contributed by atoms with Crippen LogP contribution in [-0.4, -0.2) is 40.5 Å². The lowest BCUT2D eigenvalue weighted by Crippen LogP contribution is -2.21. The highest BCUT2D eigenvalue weighted by Crippen LogP contribution is 2.16. The number of hydrogen-bond donors (Lipinski definition) is 4. The molecule has 1 aromatic carbocycles. The first kappa shape index (κ1) is 19.9. The van der Waals surface area contributed by atoms with Gasteiger partial charge in [0.25, 0.3) is 0 Å². The SMILES string of the molecule is C=CC(=O)NCCCCCC(=O)Nc1cc(C(=O)O)cc(C(=O)O)c1. The Labute approximate surface area is 144 Å². The highest BCUT2D eigenvalue weighted by atomic mass is 16.4. The summed E-state index contributed by atoms with van der Waals surface area (Å²) in [4.78, 5) is 44.8. The number of rotatable bonds is 10. The molecule has 8 nitrogen and oxygen atoms in total. The first-order valence-corrected chi connectivity index (χ1v) is 7.65. The highest BCUT2D eigenvalue weighted by molar-refractivity contribution is 5.98. The van der Waals surface area contributed by atoms with Crippen molar-refractivity contribution in [1.29, 1.82) is 0 Å². The van der Waals surface area contributed by atoms with E-state index in [1.165, 1.54) is 18.2 Å². The van der Waals surface area contributed by atoms with Gasteiger partial charge in [0.05, 0.1) is 11.1 Å². The molecule has 0 aliphatic carbocycles. The van der Waals surface area contributed by atoms with E-state index in [0.717, 1.165) is 12.5 Å². The summed E-state index contributed by atoms with van der Waals surface area (Å²) in [6.45, 7) is 3.83. The van der Waals surface area contributed by atoms with E-state index < -0.39 is 11.9 Å². The number of carboxylic acid groups (broad SMARTS) is 2. The van der Waals surface area contributed by atoms with E-state index >= 15 is 0 Å². The van der Waals surface area contributed by atoms with Crippen molar-refractivity contribution >= 4 is 29.4 Å². The van der Waals surface area contributed by atoms with Gasteiger partial charge in [-0.25, -0.2) is 9.59 Å². The van der Waals surface area contributed by atoms with Crippen LogP contribution in [0.3, 0.4) is 0 Å². The summed E-state index contributed by atoms with van der Waals surface area (Å²) in [5.74, 6) is -3.14. The lowest BCUT2D eigenvalue weighted by atomic mass is 10.1. The topological polar surface area (TPSA) is 133 Å². The molecule has 1 rings (SSSR count). The third-order valence-electron chi connectivity index (χ3n) is 3.28. The molecule has 8 heteroatoms. The number of amides is 2.